The van der Waals surface area contributed by atoms with Crippen LogP contribution in [-0.2, 0) is 19.5 Å². The number of benzene rings is 2. The number of para-hydroxylation sites is 1. The molecule has 0 atom stereocenters. The van der Waals surface area contributed by atoms with Gasteiger partial charge in [0.2, 0.25) is 0 Å². The summed E-state index contributed by atoms with van der Waals surface area (Å²) in [5.41, 5.74) is 2.41. The van der Waals surface area contributed by atoms with E-state index in [4.69, 9.17) is 11.8 Å². The molecule has 4 rings (SSSR count). The molecule has 168 valence electrons. The molecule has 2 aromatic carbocycles. The van der Waals surface area contributed by atoms with Crippen molar-refractivity contribution in [2.24, 2.45) is 10.2 Å². The molecule has 4 aromatic rings. The molecule has 0 aliphatic carbocycles. The van der Waals surface area contributed by atoms with Crippen molar-refractivity contribution in [3.63, 3.8) is 0 Å². The molecule has 3 N–H and O–H groups in total. The average Bonchev–Trinajstić information content (AvgIpc) is 3.35. The first kappa shape index (κ1) is 22.6. The highest BCUT2D eigenvalue weighted by molar-refractivity contribution is 7.94. The Hall–Kier alpha value is -3.58. The van der Waals surface area contributed by atoms with E-state index in [2.05, 4.69) is 34.5 Å². The Morgan fingerprint density at radius 3 is 2.76 bits per heavy atom. The number of nitrogens with zero attached hydrogens (tertiary/aromatic N) is 5. The van der Waals surface area contributed by atoms with E-state index in [-0.39, 0.29) is 22.1 Å². The van der Waals surface area contributed by atoms with Crippen LogP contribution in [0.15, 0.2) is 68.7 Å². The Morgan fingerprint density at radius 1 is 1.24 bits per heavy atom. The minimum absolute atomic E-state index is 0.0393. The van der Waals surface area contributed by atoms with Crippen molar-refractivity contribution in [3.8, 4) is 5.69 Å². The van der Waals surface area contributed by atoms with Crippen LogP contribution in [-0.4, -0.2) is 33.0 Å². The topological polar surface area (TPSA) is 156 Å². The Labute approximate surface area is 191 Å². The van der Waals surface area contributed by atoms with E-state index >= 15 is 0 Å². The zero-order chi connectivity index (χ0) is 23.6. The molecular weight excluding hydrogens is 472 g/mol. The summed E-state index contributed by atoms with van der Waals surface area (Å²) < 4.78 is 38.5. The van der Waals surface area contributed by atoms with Crippen molar-refractivity contribution < 1.29 is 27.6 Å². The van der Waals surface area contributed by atoms with Gasteiger partial charge in [0.1, 0.15) is 5.69 Å². The largest absolute Gasteiger partial charge is 0.357 e. The highest BCUT2D eigenvalue weighted by Crippen LogP contribution is 2.36. The summed E-state index contributed by atoms with van der Waals surface area (Å²) in [6, 6.07) is 11.2. The fourth-order valence-corrected chi connectivity index (χ4v) is 4.19. The molecule has 0 unspecified atom stereocenters. The second-order valence-electron chi connectivity index (χ2n) is 6.58. The molecule has 0 spiro atoms. The predicted octanol–water partition coefficient (Wildman–Crippen LogP) is 5.30. The molecular formula is C19H14N6O6S2. The van der Waals surface area contributed by atoms with Gasteiger partial charge in [-0.15, -0.1) is 14.6 Å². The summed E-state index contributed by atoms with van der Waals surface area (Å²) in [6.45, 7) is 9.26. The maximum absolute atomic E-state index is 11.7. The molecule has 0 amide bonds. The van der Waals surface area contributed by atoms with Gasteiger partial charge in [-0.1, -0.05) is 23.2 Å². The van der Waals surface area contributed by atoms with Crippen LogP contribution < -0.4 is 0 Å². The van der Waals surface area contributed by atoms with Gasteiger partial charge in [0.05, 0.1) is 35.4 Å². The number of rotatable bonds is 7. The molecule has 14 heteroatoms. The van der Waals surface area contributed by atoms with Crippen LogP contribution >= 0.6 is 12.0 Å². The first-order valence-electron chi connectivity index (χ1n) is 9.04. The smallest absolute Gasteiger partial charge is 0.294 e. The molecule has 0 saturated carbocycles. The van der Waals surface area contributed by atoms with Crippen molar-refractivity contribution >= 4 is 50.3 Å². The predicted molar refractivity (Wildman–Crippen MR) is 118 cm³/mol. The second-order valence-corrected chi connectivity index (χ2v) is 8.78. The summed E-state index contributed by atoms with van der Waals surface area (Å²) in [6.07, 6.45) is 1.25. The second kappa shape index (κ2) is 9.11. The van der Waals surface area contributed by atoms with Crippen LogP contribution in [0.2, 0.25) is 0 Å². The molecule has 0 bridgehead atoms. The van der Waals surface area contributed by atoms with Crippen molar-refractivity contribution in [3.05, 3.63) is 65.8 Å². The van der Waals surface area contributed by atoms with Crippen LogP contribution in [0.4, 0.5) is 17.2 Å². The fourth-order valence-electron chi connectivity index (χ4n) is 3.11. The maximum atomic E-state index is 11.7. The molecule has 33 heavy (non-hydrogen) atoms. The zero-order valence-corrected chi connectivity index (χ0v) is 18.3. The van der Waals surface area contributed by atoms with E-state index in [1.54, 1.807) is 0 Å². The maximum Gasteiger partial charge on any atom is 0.294 e. The van der Waals surface area contributed by atoms with Gasteiger partial charge in [0, 0.05) is 21.5 Å². The van der Waals surface area contributed by atoms with Gasteiger partial charge in [-0.25, -0.2) is 14.8 Å². The van der Waals surface area contributed by atoms with Gasteiger partial charge in [0.15, 0.2) is 5.82 Å². The number of hydrogen-bond donors (Lipinski definition) is 3. The van der Waals surface area contributed by atoms with E-state index in [1.807, 2.05) is 31.2 Å². The molecule has 12 nitrogen and oxygen atoms in total. The van der Waals surface area contributed by atoms with Gasteiger partial charge in [-0.05, 0) is 31.2 Å². The summed E-state index contributed by atoms with van der Waals surface area (Å²) in [4.78, 5) is 6.27. The highest BCUT2D eigenvalue weighted by Gasteiger charge is 2.18. The Kier molecular flexibility index (Phi) is 6.24. The van der Waals surface area contributed by atoms with Crippen molar-refractivity contribution in [1.82, 2.24) is 14.8 Å². The minimum atomic E-state index is -4.60. The number of aryl methyl sites for hydroxylation is 1. The Morgan fingerprint density at radius 2 is 2.03 bits per heavy atom. The zero-order valence-electron chi connectivity index (χ0n) is 16.7. The monoisotopic (exact) mass is 486 g/mol. The first-order valence-corrected chi connectivity index (χ1v) is 11.2. The van der Waals surface area contributed by atoms with Crippen LogP contribution in [0, 0.1) is 13.5 Å². The lowest BCUT2D eigenvalue weighted by Crippen LogP contribution is -2.02. The minimum Gasteiger partial charge on any atom is -0.357 e. The fraction of sp³-hybridized carbons (Fsp3) is 0.0526. The summed E-state index contributed by atoms with van der Waals surface area (Å²) in [5.74, 6) is 0.0393. The molecule has 0 aliphatic heterocycles. The van der Waals surface area contributed by atoms with Gasteiger partial charge in [-0.3, -0.25) is 4.55 Å². The van der Waals surface area contributed by atoms with Crippen LogP contribution in [0.1, 0.15) is 5.69 Å². The normalized spacial score (nSPS) is 11.9. The lowest BCUT2D eigenvalue weighted by atomic mass is 10.2. The lowest BCUT2D eigenvalue weighted by Gasteiger charge is -2.09. The molecule has 0 radical (unpaired) electrons. The summed E-state index contributed by atoms with van der Waals surface area (Å²) in [7, 11) is -4.60. The van der Waals surface area contributed by atoms with Crippen molar-refractivity contribution in [2.75, 3.05) is 0 Å². The summed E-state index contributed by atoms with van der Waals surface area (Å²) in [5, 5.41) is 25.4. The number of aromatic nitrogens is 3. The number of aromatic amines is 1. The molecule has 0 aliphatic rings. The number of azo groups is 1. The summed E-state index contributed by atoms with van der Waals surface area (Å²) >= 11 is 0.485. The van der Waals surface area contributed by atoms with Crippen LogP contribution in [0.25, 0.3) is 21.4 Å². The van der Waals surface area contributed by atoms with Crippen LogP contribution in [0.5, 0.6) is 0 Å². The third-order valence-electron chi connectivity index (χ3n) is 4.52. The average molecular weight is 486 g/mol. The first-order chi connectivity index (χ1) is 15.8. The highest BCUT2D eigenvalue weighted by atomic mass is 32.2. The number of nitrogens with one attached hydrogen (secondary N) is 1. The van der Waals surface area contributed by atoms with E-state index < -0.39 is 15.0 Å². The van der Waals surface area contributed by atoms with Crippen LogP contribution in [0.3, 0.4) is 0 Å². The standard InChI is InChI=1S/C19H14N6O6S2/c1-11-18(15-5-3-4-6-16(15)22-11)23-24-19-17(20-2)10-21-25(19)12-7-13(32-31-30-26)9-14(8-12)33(27,28)29/h3-10,22,26H,1H3,(H,27,28,29). The van der Waals surface area contributed by atoms with Gasteiger partial charge in [0.25, 0.3) is 15.8 Å². The van der Waals surface area contributed by atoms with E-state index in [1.165, 1.54) is 16.9 Å². The number of H-pyrrole nitrogens is 1. The molecule has 0 fully saturated rings. The third-order valence-corrected chi connectivity index (χ3v) is 5.91. The van der Waals surface area contributed by atoms with E-state index in [0.717, 1.165) is 28.7 Å². The quantitative estimate of drug-likeness (QED) is 0.0793. The van der Waals surface area contributed by atoms with E-state index in [0.29, 0.717) is 17.7 Å². The van der Waals surface area contributed by atoms with Crippen molar-refractivity contribution in [1.29, 1.82) is 0 Å². The molecule has 2 heterocycles. The molecule has 2 aromatic heterocycles. The van der Waals surface area contributed by atoms with Gasteiger partial charge < -0.3 is 4.98 Å². The SMILES string of the molecule is [C-]#[N+]c1cnn(-c2cc(SOOO)cc(S(=O)(=O)O)c2)c1N=Nc1c(C)[nH]c2ccccc12. The number of fused-ring (bicyclic) bond motifs is 1. The number of hydrogen-bond acceptors (Lipinski definition) is 9. The van der Waals surface area contributed by atoms with Gasteiger partial charge >= 0.3 is 0 Å². The van der Waals surface area contributed by atoms with Crippen molar-refractivity contribution in [2.45, 2.75) is 16.7 Å². The lowest BCUT2D eigenvalue weighted by molar-refractivity contribution is -0.432. The Balaban J connectivity index is 1.84. The molecule has 0 saturated heterocycles. The van der Waals surface area contributed by atoms with E-state index in [9.17, 15) is 13.0 Å². The Bertz CT molecular complexity index is 1520. The van der Waals surface area contributed by atoms with Gasteiger partial charge in [-0.2, -0.15) is 13.5 Å². The third kappa shape index (κ3) is 4.64.